The molecule has 0 fully saturated rings. The third kappa shape index (κ3) is 3.56. The van der Waals surface area contributed by atoms with Crippen LogP contribution in [0.15, 0.2) is 41.4 Å². The standard InChI is InChI=1S/C18H19N3O5S/c1-20(2)27(25,26)16-5-3-4-13-11-21(9-7-14(13)16)17(22)15-10-12(18(23)24)6-8-19-15/h3-6,8,10H,7,9,11H2,1-2H3,(H,23,24). The number of benzene rings is 1. The van der Waals surface area contributed by atoms with Gasteiger partial charge < -0.3 is 10.0 Å². The SMILES string of the molecule is CN(C)S(=O)(=O)c1cccc2c1CCN(C(=O)c1cc(C(=O)O)ccn1)C2. The lowest BCUT2D eigenvalue weighted by Crippen LogP contribution is -2.37. The summed E-state index contributed by atoms with van der Waals surface area (Å²) < 4.78 is 26.2. The summed E-state index contributed by atoms with van der Waals surface area (Å²) in [6.45, 7) is 0.564. The molecule has 2 heterocycles. The Hall–Kier alpha value is -2.78. The summed E-state index contributed by atoms with van der Waals surface area (Å²) in [6.07, 6.45) is 1.68. The van der Waals surface area contributed by atoms with Gasteiger partial charge in [0.15, 0.2) is 0 Å². The van der Waals surface area contributed by atoms with Gasteiger partial charge in [-0.15, -0.1) is 0 Å². The zero-order valence-corrected chi connectivity index (χ0v) is 15.7. The van der Waals surface area contributed by atoms with E-state index in [1.807, 2.05) is 0 Å². The summed E-state index contributed by atoms with van der Waals surface area (Å²) in [5, 5.41) is 9.07. The molecule has 27 heavy (non-hydrogen) atoms. The molecule has 1 aromatic carbocycles. The second kappa shape index (κ2) is 7.09. The Balaban J connectivity index is 1.90. The van der Waals surface area contributed by atoms with Crippen LogP contribution in [0.3, 0.4) is 0 Å². The summed E-state index contributed by atoms with van der Waals surface area (Å²) >= 11 is 0. The van der Waals surface area contributed by atoms with Crippen LogP contribution >= 0.6 is 0 Å². The molecule has 8 nitrogen and oxygen atoms in total. The number of fused-ring (bicyclic) bond motifs is 1. The van der Waals surface area contributed by atoms with Crippen molar-refractivity contribution in [3.05, 3.63) is 58.9 Å². The van der Waals surface area contributed by atoms with E-state index in [0.717, 1.165) is 5.56 Å². The van der Waals surface area contributed by atoms with Crippen molar-refractivity contribution in [2.24, 2.45) is 0 Å². The van der Waals surface area contributed by atoms with Gasteiger partial charge in [-0.05, 0) is 35.7 Å². The molecule has 0 spiro atoms. The maximum Gasteiger partial charge on any atom is 0.335 e. The molecule has 1 aliphatic heterocycles. The molecular weight excluding hydrogens is 370 g/mol. The Morgan fingerprint density at radius 1 is 1.22 bits per heavy atom. The number of hydrogen-bond donors (Lipinski definition) is 1. The highest BCUT2D eigenvalue weighted by atomic mass is 32.2. The highest BCUT2D eigenvalue weighted by Crippen LogP contribution is 2.27. The largest absolute Gasteiger partial charge is 0.478 e. The molecule has 0 saturated heterocycles. The van der Waals surface area contributed by atoms with Crippen molar-refractivity contribution in [2.75, 3.05) is 20.6 Å². The second-order valence-corrected chi connectivity index (χ2v) is 8.51. The predicted octanol–water partition coefficient (Wildman–Crippen LogP) is 1.23. The van der Waals surface area contributed by atoms with Gasteiger partial charge in [-0.25, -0.2) is 17.5 Å². The molecule has 0 unspecified atom stereocenters. The highest BCUT2D eigenvalue weighted by Gasteiger charge is 2.28. The van der Waals surface area contributed by atoms with Gasteiger partial charge in [0, 0.05) is 33.4 Å². The van der Waals surface area contributed by atoms with Gasteiger partial charge in [0.2, 0.25) is 10.0 Å². The third-order valence-corrected chi connectivity index (χ3v) is 6.39. The number of carbonyl (C=O) groups is 2. The second-order valence-electron chi connectivity index (χ2n) is 6.39. The monoisotopic (exact) mass is 389 g/mol. The van der Waals surface area contributed by atoms with E-state index >= 15 is 0 Å². The number of sulfonamides is 1. The average molecular weight is 389 g/mol. The van der Waals surface area contributed by atoms with E-state index in [1.165, 1.54) is 36.7 Å². The zero-order valence-electron chi connectivity index (χ0n) is 14.9. The molecule has 1 N–H and O–H groups in total. The van der Waals surface area contributed by atoms with Gasteiger partial charge >= 0.3 is 5.97 Å². The summed E-state index contributed by atoms with van der Waals surface area (Å²) in [5.74, 6) is -1.52. The van der Waals surface area contributed by atoms with E-state index in [-0.39, 0.29) is 28.6 Å². The summed E-state index contributed by atoms with van der Waals surface area (Å²) in [4.78, 5) is 29.6. The molecule has 1 amide bonds. The fraction of sp³-hybridized carbons (Fsp3) is 0.278. The van der Waals surface area contributed by atoms with Crippen LogP contribution < -0.4 is 0 Å². The van der Waals surface area contributed by atoms with Crippen molar-refractivity contribution < 1.29 is 23.1 Å². The van der Waals surface area contributed by atoms with Gasteiger partial charge in [-0.3, -0.25) is 9.78 Å². The summed E-state index contributed by atoms with van der Waals surface area (Å²) in [7, 11) is -0.610. The van der Waals surface area contributed by atoms with E-state index in [2.05, 4.69) is 4.98 Å². The number of hydrogen-bond acceptors (Lipinski definition) is 5. The molecular formula is C18H19N3O5S. The molecule has 142 valence electrons. The van der Waals surface area contributed by atoms with E-state index in [1.54, 1.807) is 23.1 Å². The Labute approximate surface area is 157 Å². The Bertz CT molecular complexity index is 1020. The van der Waals surface area contributed by atoms with Crippen LogP contribution in [0.5, 0.6) is 0 Å². The molecule has 0 bridgehead atoms. The number of pyridine rings is 1. The van der Waals surface area contributed by atoms with E-state index < -0.39 is 16.0 Å². The summed E-state index contributed by atoms with van der Waals surface area (Å²) in [6, 6.07) is 7.59. The van der Waals surface area contributed by atoms with Gasteiger partial charge in [0.25, 0.3) is 5.91 Å². The first kappa shape index (κ1) is 19.0. The highest BCUT2D eigenvalue weighted by molar-refractivity contribution is 7.89. The van der Waals surface area contributed by atoms with Crippen LogP contribution in [0.1, 0.15) is 32.0 Å². The molecule has 2 aromatic rings. The first-order valence-electron chi connectivity index (χ1n) is 8.23. The normalized spacial score (nSPS) is 14.1. The lowest BCUT2D eigenvalue weighted by atomic mass is 9.99. The molecule has 0 saturated carbocycles. The van der Waals surface area contributed by atoms with E-state index in [9.17, 15) is 18.0 Å². The van der Waals surface area contributed by atoms with Crippen LogP contribution in [0, 0.1) is 0 Å². The first-order chi connectivity index (χ1) is 12.7. The van der Waals surface area contributed by atoms with E-state index in [0.29, 0.717) is 18.5 Å². The predicted molar refractivity (Wildman–Crippen MR) is 97.0 cm³/mol. The van der Waals surface area contributed by atoms with Crippen LogP contribution in [0.2, 0.25) is 0 Å². The molecule has 0 radical (unpaired) electrons. The minimum absolute atomic E-state index is 0.00915. The number of aromatic nitrogens is 1. The minimum atomic E-state index is -3.57. The number of aromatic carboxylic acids is 1. The smallest absolute Gasteiger partial charge is 0.335 e. The van der Waals surface area contributed by atoms with Gasteiger partial charge in [-0.2, -0.15) is 0 Å². The Morgan fingerprint density at radius 2 is 1.96 bits per heavy atom. The van der Waals surface area contributed by atoms with Crippen molar-refractivity contribution in [3.8, 4) is 0 Å². The van der Waals surface area contributed by atoms with Crippen molar-refractivity contribution >= 4 is 21.9 Å². The molecule has 1 aromatic heterocycles. The van der Waals surface area contributed by atoms with Gasteiger partial charge in [0.1, 0.15) is 5.69 Å². The fourth-order valence-electron chi connectivity index (χ4n) is 3.03. The van der Waals surface area contributed by atoms with Crippen LogP contribution in [-0.2, 0) is 23.0 Å². The topological polar surface area (TPSA) is 108 Å². The first-order valence-corrected chi connectivity index (χ1v) is 9.67. The Kier molecular flexibility index (Phi) is 4.99. The molecule has 0 atom stereocenters. The maximum atomic E-state index is 12.7. The van der Waals surface area contributed by atoms with Crippen molar-refractivity contribution in [1.82, 2.24) is 14.2 Å². The summed E-state index contributed by atoms with van der Waals surface area (Å²) in [5.41, 5.74) is 1.51. The van der Waals surface area contributed by atoms with Crippen LogP contribution in [-0.4, -0.2) is 60.2 Å². The van der Waals surface area contributed by atoms with Crippen molar-refractivity contribution in [3.63, 3.8) is 0 Å². The Morgan fingerprint density at radius 3 is 2.63 bits per heavy atom. The maximum absolute atomic E-state index is 12.7. The molecule has 9 heteroatoms. The van der Waals surface area contributed by atoms with Crippen molar-refractivity contribution in [1.29, 1.82) is 0 Å². The quantitative estimate of drug-likeness (QED) is 0.843. The van der Waals surface area contributed by atoms with Gasteiger partial charge in [-0.1, -0.05) is 12.1 Å². The minimum Gasteiger partial charge on any atom is -0.478 e. The van der Waals surface area contributed by atoms with Gasteiger partial charge in [0.05, 0.1) is 10.5 Å². The number of rotatable bonds is 4. The number of carbonyl (C=O) groups excluding carboxylic acids is 1. The fourth-order valence-corrected chi connectivity index (χ4v) is 4.22. The lowest BCUT2D eigenvalue weighted by Gasteiger charge is -2.30. The number of amides is 1. The van der Waals surface area contributed by atoms with Crippen LogP contribution in [0.25, 0.3) is 0 Å². The average Bonchev–Trinajstić information content (AvgIpc) is 2.66. The molecule has 1 aliphatic rings. The third-order valence-electron chi connectivity index (χ3n) is 4.49. The van der Waals surface area contributed by atoms with Crippen LogP contribution in [0.4, 0.5) is 0 Å². The van der Waals surface area contributed by atoms with Crippen molar-refractivity contribution in [2.45, 2.75) is 17.9 Å². The number of nitrogens with zero attached hydrogens (tertiary/aromatic N) is 3. The number of carboxylic acid groups (broad SMARTS) is 1. The lowest BCUT2D eigenvalue weighted by molar-refractivity contribution is 0.0696. The van der Waals surface area contributed by atoms with E-state index in [4.69, 9.17) is 5.11 Å². The molecule has 0 aliphatic carbocycles. The zero-order chi connectivity index (χ0) is 19.8. The molecule has 3 rings (SSSR count). The number of carboxylic acids is 1.